The number of hydrogen-bond acceptors (Lipinski definition) is 3. The molecule has 1 aliphatic rings. The number of piperidine rings is 1. The van der Waals surface area contributed by atoms with E-state index in [-0.39, 0.29) is 37.0 Å². The molecule has 1 aliphatic heterocycles. The first kappa shape index (κ1) is 19.7. The highest BCUT2D eigenvalue weighted by Gasteiger charge is 2.35. The Labute approximate surface area is 144 Å². The molecule has 1 atom stereocenters. The van der Waals surface area contributed by atoms with Gasteiger partial charge in [0.15, 0.2) is 0 Å². The Balaban J connectivity index is 2.10. The summed E-state index contributed by atoms with van der Waals surface area (Å²) in [5.74, 6) is -1.06. The number of hydrogen-bond donors (Lipinski definition) is 2. The number of rotatable bonds is 6. The van der Waals surface area contributed by atoms with Crippen LogP contribution in [0.4, 0.5) is 17.6 Å². The molecule has 1 fully saturated rings. The molecule has 8 heteroatoms. The number of carbonyl (C=O) groups excluding carboxylic acids is 1. The van der Waals surface area contributed by atoms with E-state index < -0.39 is 17.6 Å². The zero-order chi connectivity index (χ0) is 18.4. The van der Waals surface area contributed by atoms with Gasteiger partial charge in [-0.25, -0.2) is 4.39 Å². The first-order valence-electron chi connectivity index (χ1n) is 8.37. The van der Waals surface area contributed by atoms with Gasteiger partial charge in [0.25, 0.3) is 0 Å². The Hall–Kier alpha value is -1.67. The van der Waals surface area contributed by atoms with Crippen molar-refractivity contribution < 1.29 is 22.4 Å². The summed E-state index contributed by atoms with van der Waals surface area (Å²) in [4.78, 5) is 13.5. The van der Waals surface area contributed by atoms with Crippen LogP contribution in [0, 0.1) is 5.82 Å². The molecule has 0 radical (unpaired) electrons. The molecule has 0 aliphatic carbocycles. The van der Waals surface area contributed by atoms with E-state index in [9.17, 15) is 22.4 Å². The normalized spacial score (nSPS) is 19.0. The molecular formula is C17H23F4N3O. The third-order valence-electron chi connectivity index (χ3n) is 4.41. The molecule has 1 heterocycles. The van der Waals surface area contributed by atoms with Crippen LogP contribution >= 0.6 is 0 Å². The van der Waals surface area contributed by atoms with E-state index in [0.717, 1.165) is 25.3 Å². The highest BCUT2D eigenvalue weighted by Crippen LogP contribution is 2.34. The van der Waals surface area contributed by atoms with E-state index in [1.807, 2.05) is 4.90 Å². The van der Waals surface area contributed by atoms with Crippen molar-refractivity contribution >= 4 is 5.91 Å². The first-order valence-corrected chi connectivity index (χ1v) is 8.37. The van der Waals surface area contributed by atoms with Crippen LogP contribution < -0.4 is 11.1 Å². The number of nitrogens with zero attached hydrogens (tertiary/aromatic N) is 1. The van der Waals surface area contributed by atoms with Crippen LogP contribution in [0.1, 0.15) is 36.8 Å². The molecule has 0 saturated carbocycles. The van der Waals surface area contributed by atoms with Gasteiger partial charge in [-0.2, -0.15) is 13.2 Å². The van der Waals surface area contributed by atoms with Crippen LogP contribution in [0.5, 0.6) is 0 Å². The number of amides is 1. The number of nitrogens with two attached hydrogens (primary N) is 1. The van der Waals surface area contributed by atoms with Gasteiger partial charge in [0, 0.05) is 32.1 Å². The molecule has 2 rings (SSSR count). The van der Waals surface area contributed by atoms with Gasteiger partial charge < -0.3 is 11.1 Å². The summed E-state index contributed by atoms with van der Waals surface area (Å²) in [7, 11) is 0. The summed E-state index contributed by atoms with van der Waals surface area (Å²) < 4.78 is 52.7. The molecule has 25 heavy (non-hydrogen) atoms. The molecule has 3 N–H and O–H groups in total. The lowest BCUT2D eigenvalue weighted by molar-refractivity contribution is -0.138. The number of halogens is 4. The van der Waals surface area contributed by atoms with Crippen molar-refractivity contribution in [3.8, 4) is 0 Å². The molecular weight excluding hydrogens is 338 g/mol. The monoisotopic (exact) mass is 361 g/mol. The molecule has 1 saturated heterocycles. The third kappa shape index (κ3) is 5.67. The topological polar surface area (TPSA) is 58.4 Å². The number of benzene rings is 1. The van der Waals surface area contributed by atoms with Gasteiger partial charge >= 0.3 is 6.18 Å². The second kappa shape index (κ2) is 8.62. The Morgan fingerprint density at radius 3 is 2.76 bits per heavy atom. The van der Waals surface area contributed by atoms with Crippen molar-refractivity contribution in [3.63, 3.8) is 0 Å². The Morgan fingerprint density at radius 2 is 2.08 bits per heavy atom. The van der Waals surface area contributed by atoms with E-state index >= 15 is 0 Å². The van der Waals surface area contributed by atoms with Crippen LogP contribution in [0.15, 0.2) is 18.2 Å². The van der Waals surface area contributed by atoms with Crippen LogP contribution in [0.25, 0.3) is 0 Å². The summed E-state index contributed by atoms with van der Waals surface area (Å²) in [5.41, 5.74) is 4.44. The van der Waals surface area contributed by atoms with Crippen LogP contribution in [-0.4, -0.2) is 36.5 Å². The molecule has 4 nitrogen and oxygen atoms in total. The maximum Gasteiger partial charge on any atom is 0.416 e. The van der Waals surface area contributed by atoms with Crippen LogP contribution in [0.3, 0.4) is 0 Å². The SMILES string of the molecule is NCCC(=O)NCC1CCCCN1Cc1ccc(F)cc1C(F)(F)F. The lowest BCUT2D eigenvalue weighted by Crippen LogP contribution is -2.46. The average Bonchev–Trinajstić information content (AvgIpc) is 2.55. The standard InChI is InChI=1S/C17H23F4N3O/c18-13-5-4-12(15(9-13)17(19,20)21)11-24-8-2-1-3-14(24)10-23-16(25)6-7-22/h4-5,9,14H,1-3,6-8,10-11,22H2,(H,23,25). The van der Waals surface area contributed by atoms with Gasteiger partial charge in [0.1, 0.15) is 5.82 Å². The molecule has 1 aromatic carbocycles. The van der Waals surface area contributed by atoms with Crippen LogP contribution in [0.2, 0.25) is 0 Å². The summed E-state index contributed by atoms with van der Waals surface area (Å²) in [6, 6.07) is 2.74. The zero-order valence-electron chi connectivity index (χ0n) is 13.9. The van der Waals surface area contributed by atoms with Crippen molar-refractivity contribution in [2.45, 2.75) is 44.4 Å². The third-order valence-corrected chi connectivity index (χ3v) is 4.41. The van der Waals surface area contributed by atoms with Gasteiger partial charge in [-0.05, 0) is 37.1 Å². The Morgan fingerprint density at radius 1 is 1.32 bits per heavy atom. The lowest BCUT2D eigenvalue weighted by atomic mass is 9.99. The molecule has 1 amide bonds. The van der Waals surface area contributed by atoms with Crippen molar-refractivity contribution in [3.05, 3.63) is 35.1 Å². The molecule has 140 valence electrons. The van der Waals surface area contributed by atoms with Crippen molar-refractivity contribution in [1.82, 2.24) is 10.2 Å². The number of carbonyl (C=O) groups is 1. The molecule has 0 aromatic heterocycles. The smallest absolute Gasteiger partial charge is 0.354 e. The fourth-order valence-electron chi connectivity index (χ4n) is 3.12. The highest BCUT2D eigenvalue weighted by molar-refractivity contribution is 5.76. The second-order valence-corrected chi connectivity index (χ2v) is 6.26. The van der Waals surface area contributed by atoms with E-state index in [4.69, 9.17) is 5.73 Å². The number of likely N-dealkylation sites (tertiary alicyclic amines) is 1. The van der Waals surface area contributed by atoms with Crippen molar-refractivity contribution in [2.75, 3.05) is 19.6 Å². The zero-order valence-corrected chi connectivity index (χ0v) is 13.9. The predicted molar refractivity (Wildman–Crippen MR) is 86.1 cm³/mol. The molecule has 0 bridgehead atoms. The quantitative estimate of drug-likeness (QED) is 0.766. The highest BCUT2D eigenvalue weighted by atomic mass is 19.4. The molecule has 1 aromatic rings. The number of alkyl halides is 3. The fourth-order valence-corrected chi connectivity index (χ4v) is 3.12. The van der Waals surface area contributed by atoms with E-state index in [0.29, 0.717) is 19.2 Å². The average molecular weight is 361 g/mol. The van der Waals surface area contributed by atoms with Gasteiger partial charge in [-0.15, -0.1) is 0 Å². The van der Waals surface area contributed by atoms with Crippen molar-refractivity contribution in [1.29, 1.82) is 0 Å². The summed E-state index contributed by atoms with van der Waals surface area (Å²) in [5, 5.41) is 2.78. The molecule has 1 unspecified atom stereocenters. The first-order chi connectivity index (χ1) is 11.8. The largest absolute Gasteiger partial charge is 0.416 e. The predicted octanol–water partition coefficient (Wildman–Crippen LogP) is 2.66. The Kier molecular flexibility index (Phi) is 6.78. The van der Waals surface area contributed by atoms with Gasteiger partial charge in [-0.1, -0.05) is 12.5 Å². The summed E-state index contributed by atoms with van der Waals surface area (Å²) in [6.45, 7) is 1.35. The van der Waals surface area contributed by atoms with E-state index in [2.05, 4.69) is 5.32 Å². The van der Waals surface area contributed by atoms with Gasteiger partial charge in [0.2, 0.25) is 5.91 Å². The van der Waals surface area contributed by atoms with Gasteiger partial charge in [0.05, 0.1) is 5.56 Å². The lowest BCUT2D eigenvalue weighted by Gasteiger charge is -2.36. The van der Waals surface area contributed by atoms with Crippen LogP contribution in [-0.2, 0) is 17.5 Å². The fraction of sp³-hybridized carbons (Fsp3) is 0.588. The van der Waals surface area contributed by atoms with E-state index in [1.165, 1.54) is 6.07 Å². The second-order valence-electron chi connectivity index (χ2n) is 6.26. The summed E-state index contributed by atoms with van der Waals surface area (Å²) >= 11 is 0. The van der Waals surface area contributed by atoms with Gasteiger partial charge in [-0.3, -0.25) is 9.69 Å². The maximum absolute atomic E-state index is 13.2. The maximum atomic E-state index is 13.2. The minimum Gasteiger partial charge on any atom is -0.354 e. The molecule has 0 spiro atoms. The minimum atomic E-state index is -4.60. The van der Waals surface area contributed by atoms with Crippen molar-refractivity contribution in [2.24, 2.45) is 5.73 Å². The number of nitrogens with one attached hydrogen (secondary N) is 1. The summed E-state index contributed by atoms with van der Waals surface area (Å²) in [6.07, 6.45) is -1.73. The minimum absolute atomic E-state index is 0.0402. The van der Waals surface area contributed by atoms with E-state index in [1.54, 1.807) is 0 Å². The Bertz CT molecular complexity index is 592.